The second-order valence-corrected chi connectivity index (χ2v) is 12.0. The van der Waals surface area contributed by atoms with E-state index in [0.29, 0.717) is 12.5 Å². The van der Waals surface area contributed by atoms with E-state index in [1.165, 1.54) is 21.1 Å². The van der Waals surface area contributed by atoms with Gasteiger partial charge in [-0.1, -0.05) is 63.8 Å². The van der Waals surface area contributed by atoms with E-state index in [2.05, 4.69) is 25.0 Å². The molecule has 3 heterocycles. The first-order valence-corrected chi connectivity index (χ1v) is 15.6. The zero-order chi connectivity index (χ0) is 40.3. The summed E-state index contributed by atoms with van der Waals surface area (Å²) >= 11 is 4.86. The van der Waals surface area contributed by atoms with E-state index >= 15 is 0 Å². The second-order valence-electron chi connectivity index (χ2n) is 11.7. The molecule has 0 aliphatic heterocycles. The van der Waals surface area contributed by atoms with Gasteiger partial charge < -0.3 is 19.9 Å². The lowest BCUT2D eigenvalue weighted by atomic mass is 10.2. The summed E-state index contributed by atoms with van der Waals surface area (Å²) < 4.78 is 55.1. The number of halogens is 4. The molecule has 0 radical (unpaired) electrons. The summed E-state index contributed by atoms with van der Waals surface area (Å²) in [4.78, 5) is 78.1. The Morgan fingerprint density at radius 2 is 1.27 bits per heavy atom. The summed E-state index contributed by atoms with van der Waals surface area (Å²) in [5.41, 5.74) is 2.28. The third-order valence-corrected chi connectivity index (χ3v) is 5.40. The maximum absolute atomic E-state index is 13.6. The summed E-state index contributed by atoms with van der Waals surface area (Å²) in [7, 11) is 4.03. The predicted molar refractivity (Wildman–Crippen MR) is 205 cm³/mol. The minimum Gasteiger partial charge on any atom is -0.453 e. The van der Waals surface area contributed by atoms with Gasteiger partial charge in [0.15, 0.2) is 29.1 Å². The molecule has 3 aromatic heterocycles. The number of rotatable bonds is 8. The van der Waals surface area contributed by atoms with Crippen LogP contribution < -0.4 is 33.0 Å². The number of aromatic nitrogens is 6. The van der Waals surface area contributed by atoms with Crippen LogP contribution in [0.4, 0.5) is 45.0 Å². The van der Waals surface area contributed by atoms with Crippen LogP contribution in [0.25, 0.3) is 0 Å². The van der Waals surface area contributed by atoms with Gasteiger partial charge in [0.25, 0.3) is 0 Å². The number of carbonyl (C=O) groups excluding carboxylic acids is 3. The van der Waals surface area contributed by atoms with Gasteiger partial charge in [-0.25, -0.2) is 41.9 Å². The van der Waals surface area contributed by atoms with Gasteiger partial charge in [-0.2, -0.15) is 15.0 Å². The van der Waals surface area contributed by atoms with Crippen LogP contribution >= 0.6 is 11.6 Å². The molecule has 0 unspecified atom stereocenters. The zero-order valence-corrected chi connectivity index (χ0v) is 30.8. The number of hydrogen-bond acceptors (Lipinski definition) is 13. The van der Waals surface area contributed by atoms with E-state index in [-0.39, 0.29) is 59.0 Å². The summed E-state index contributed by atoms with van der Waals surface area (Å²) in [5, 5.41) is 2.07. The number of nitrogens with zero attached hydrogens (tertiary/aromatic N) is 6. The molecule has 0 spiro atoms. The fourth-order valence-electron chi connectivity index (χ4n) is 2.76. The molecule has 314 valence electrons. The topological polar surface area (TPSA) is 236 Å². The molecule has 3 rings (SSSR count). The molecule has 18 nitrogen and oxygen atoms in total. The Labute approximate surface area is 323 Å². The quantitative estimate of drug-likeness (QED) is 0.183. The number of H-pyrrole nitrogens is 1. The SMILES string of the molecule is C.C.C.CC(C)COC(=O)Cl.CC(C)COC(=O)N(C)c1nc(=O)n(C)cc1F.CC(C)COC(=O)Nc1nc(=O)n(C)cc1F.Nc1[nH]c(=O)ncc1F. The fourth-order valence-corrected chi connectivity index (χ4v) is 2.83. The van der Waals surface area contributed by atoms with E-state index in [0.717, 1.165) is 32.6 Å². The predicted octanol–water partition coefficient (Wildman–Crippen LogP) is 5.69. The highest BCUT2D eigenvalue weighted by molar-refractivity contribution is 6.61. The Bertz CT molecular complexity index is 1800. The smallest absolute Gasteiger partial charge is 0.415 e. The Hall–Kier alpha value is -5.47. The highest BCUT2D eigenvalue weighted by Gasteiger charge is 2.19. The van der Waals surface area contributed by atoms with Crippen molar-refractivity contribution in [1.82, 2.24) is 29.1 Å². The molecule has 0 atom stereocenters. The van der Waals surface area contributed by atoms with Crippen LogP contribution in [0.5, 0.6) is 0 Å². The van der Waals surface area contributed by atoms with Gasteiger partial charge in [0.2, 0.25) is 0 Å². The first-order valence-electron chi connectivity index (χ1n) is 15.2. The van der Waals surface area contributed by atoms with E-state index in [9.17, 15) is 41.9 Å². The van der Waals surface area contributed by atoms with E-state index in [1.54, 1.807) is 0 Å². The van der Waals surface area contributed by atoms with Gasteiger partial charge in [-0.05, 0) is 17.8 Å². The van der Waals surface area contributed by atoms with Crippen LogP contribution in [-0.4, -0.2) is 73.6 Å². The Morgan fingerprint density at radius 3 is 1.71 bits per heavy atom. The zero-order valence-electron chi connectivity index (χ0n) is 30.0. The molecule has 0 saturated heterocycles. The maximum atomic E-state index is 13.6. The van der Waals surface area contributed by atoms with Crippen molar-refractivity contribution in [2.24, 2.45) is 31.8 Å². The lowest BCUT2D eigenvalue weighted by Crippen LogP contribution is -2.33. The number of ether oxygens (including phenoxy) is 3. The first-order chi connectivity index (χ1) is 24.0. The van der Waals surface area contributed by atoms with Crippen molar-refractivity contribution in [3.8, 4) is 0 Å². The van der Waals surface area contributed by atoms with Crippen molar-refractivity contribution in [3.63, 3.8) is 0 Å². The number of amides is 2. The van der Waals surface area contributed by atoms with Gasteiger partial charge in [0, 0.05) is 45.1 Å². The van der Waals surface area contributed by atoms with Crippen LogP contribution in [-0.2, 0) is 28.3 Å². The molecule has 0 saturated carbocycles. The molecule has 0 fully saturated rings. The van der Waals surface area contributed by atoms with E-state index in [4.69, 9.17) is 26.8 Å². The molecule has 55 heavy (non-hydrogen) atoms. The van der Waals surface area contributed by atoms with Crippen molar-refractivity contribution >= 4 is 46.7 Å². The molecule has 22 heteroatoms. The summed E-state index contributed by atoms with van der Waals surface area (Å²) in [6, 6.07) is 0. The van der Waals surface area contributed by atoms with Crippen molar-refractivity contribution in [1.29, 1.82) is 0 Å². The van der Waals surface area contributed by atoms with Crippen molar-refractivity contribution in [3.05, 3.63) is 67.5 Å². The summed E-state index contributed by atoms with van der Waals surface area (Å²) in [6.07, 6.45) is 1.10. The molecule has 0 aliphatic carbocycles. The van der Waals surface area contributed by atoms with Gasteiger partial charge in [0.05, 0.1) is 26.0 Å². The third kappa shape index (κ3) is 23.7. The number of anilines is 3. The number of nitrogens with one attached hydrogen (secondary N) is 2. The van der Waals surface area contributed by atoms with Crippen molar-refractivity contribution in [2.45, 2.75) is 63.8 Å². The first kappa shape index (κ1) is 56.3. The Kier molecular flexibility index (Phi) is 28.7. The summed E-state index contributed by atoms with van der Waals surface area (Å²) in [5.74, 6) is -2.63. The van der Waals surface area contributed by atoms with Gasteiger partial charge in [-0.15, -0.1) is 0 Å². The number of nitrogen functional groups attached to an aromatic ring is 1. The number of aromatic amines is 1. The maximum Gasteiger partial charge on any atom is 0.415 e. The molecular formula is C33H55ClF3N9O9. The minimum atomic E-state index is -0.835. The third-order valence-electron chi connectivity index (χ3n) is 5.29. The monoisotopic (exact) mass is 813 g/mol. The van der Waals surface area contributed by atoms with Crippen LogP contribution in [0.3, 0.4) is 0 Å². The number of nitrogens with two attached hydrogens (primary N) is 1. The number of hydrogen-bond donors (Lipinski definition) is 3. The molecule has 0 aliphatic rings. The Balaban J connectivity index is -0.000000326. The van der Waals surface area contributed by atoms with Crippen molar-refractivity contribution in [2.75, 3.05) is 42.8 Å². The van der Waals surface area contributed by atoms with Crippen molar-refractivity contribution < 1.29 is 41.8 Å². The fraction of sp³-hybridized carbons (Fsp3) is 0.545. The highest BCUT2D eigenvalue weighted by Crippen LogP contribution is 2.13. The van der Waals surface area contributed by atoms with Gasteiger partial charge >= 0.3 is 34.7 Å². The standard InChI is InChI=1S/C11H16FN3O3.C10H14FN3O3.C5H9ClO2.C4H4FN3O.3CH4/c1-7(2)6-18-11(17)15(4)9-8(12)5-14(3)10(16)13-9;1-6(2)5-17-10(16)13-8-7(11)4-14(3)9(15)12-8;1-4(2)3-8-5(6)7;5-2-1-7-4(9)8-3(2)6;;;/h5,7H,6H2,1-4H3;4,6H,5H2,1-3H3,(H,12,13,15,16);4H,3H2,1-2H3;1H,(H3,6,7,8,9);3*1H4. The lowest BCUT2D eigenvalue weighted by molar-refractivity contribution is 0.141. The Morgan fingerprint density at radius 1 is 0.818 bits per heavy atom. The van der Waals surface area contributed by atoms with Gasteiger partial charge in [0.1, 0.15) is 5.82 Å². The average Bonchev–Trinajstić information content (AvgIpc) is 3.04. The van der Waals surface area contributed by atoms with E-state index in [1.807, 2.05) is 46.5 Å². The number of carbonyl (C=O) groups is 3. The molecular weight excluding hydrogens is 759 g/mol. The molecule has 2 amide bonds. The largest absolute Gasteiger partial charge is 0.453 e. The molecule has 0 aromatic carbocycles. The molecule has 3 aromatic rings. The van der Waals surface area contributed by atoms with Gasteiger partial charge in [-0.3, -0.25) is 24.3 Å². The van der Waals surface area contributed by atoms with Crippen LogP contribution in [0, 0.1) is 35.2 Å². The second kappa shape index (κ2) is 28.0. The van der Waals surface area contributed by atoms with Crippen LogP contribution in [0.2, 0.25) is 0 Å². The summed E-state index contributed by atoms with van der Waals surface area (Å²) in [6.45, 7) is 12.2. The van der Waals surface area contributed by atoms with Crippen LogP contribution in [0.1, 0.15) is 63.8 Å². The molecule has 4 N–H and O–H groups in total. The lowest BCUT2D eigenvalue weighted by Gasteiger charge is -2.17. The highest BCUT2D eigenvalue weighted by atomic mass is 35.5. The van der Waals surface area contributed by atoms with Crippen LogP contribution in [0.15, 0.2) is 33.0 Å². The van der Waals surface area contributed by atoms with E-state index < -0.39 is 58.0 Å². The minimum absolute atomic E-state index is 0. The average molecular weight is 814 g/mol. The number of aryl methyl sites for hydroxylation is 2. The molecule has 0 bridgehead atoms. The normalized spacial score (nSPS) is 9.60.